The van der Waals surface area contributed by atoms with Crippen LogP contribution in [0.4, 0.5) is 5.69 Å². The smallest absolute Gasteiger partial charge is 0.267 e. The van der Waals surface area contributed by atoms with Gasteiger partial charge in [0.1, 0.15) is 17.3 Å². The Kier molecular flexibility index (Phi) is 9.68. The van der Waals surface area contributed by atoms with Crippen molar-refractivity contribution in [2.24, 2.45) is 5.73 Å². The van der Waals surface area contributed by atoms with E-state index in [4.69, 9.17) is 21.3 Å². The van der Waals surface area contributed by atoms with Crippen molar-refractivity contribution < 1.29 is 19.4 Å². The Labute approximate surface area is 275 Å². The number of piperidine rings is 3. The Morgan fingerprint density at radius 3 is 2.19 bits per heavy atom. The summed E-state index contributed by atoms with van der Waals surface area (Å²) in [5, 5.41) is 29.0. The molecule has 3 aromatic rings. The summed E-state index contributed by atoms with van der Waals surface area (Å²) in [6.45, 7) is 4.11. The van der Waals surface area contributed by atoms with Crippen LogP contribution in [0.25, 0.3) is 5.57 Å². The fraction of sp³-hybridized carbons (Fsp3) is 0.351. The van der Waals surface area contributed by atoms with Crippen LogP contribution < -0.4 is 20.7 Å². The fourth-order valence-electron chi connectivity index (χ4n) is 6.95. The normalized spacial score (nSPS) is 20.1. The minimum Gasteiger partial charge on any atom is -0.507 e. The molecule has 0 aromatic heterocycles. The highest BCUT2D eigenvalue weighted by Gasteiger charge is 2.30. The lowest BCUT2D eigenvalue weighted by atomic mass is 9.88. The first kappa shape index (κ1) is 32.0. The van der Waals surface area contributed by atoms with E-state index < -0.39 is 6.10 Å². The molecular formula is C37H42N6O4. The number of imide groups is 1. The number of nitrogens with two attached hydrogens (primary N) is 1. The maximum Gasteiger partial charge on any atom is 0.267 e. The average Bonchev–Trinajstić information content (AvgIpc) is 3.09. The highest BCUT2D eigenvalue weighted by Crippen LogP contribution is 2.33. The van der Waals surface area contributed by atoms with Gasteiger partial charge in [0.05, 0.1) is 5.71 Å². The number of phenols is 1. The predicted molar refractivity (Wildman–Crippen MR) is 183 cm³/mol. The number of nitrogens with zero attached hydrogens (tertiary/aromatic N) is 2. The maximum absolute atomic E-state index is 12.0. The zero-order valence-corrected chi connectivity index (χ0v) is 26.5. The number of amidine groups is 1. The second kappa shape index (κ2) is 14.2. The highest BCUT2D eigenvalue weighted by molar-refractivity contribution is 6.27. The van der Waals surface area contributed by atoms with Gasteiger partial charge in [-0.3, -0.25) is 20.3 Å². The molecule has 3 heterocycles. The number of carbonyl (C=O) groups excluding carboxylic acids is 2. The molecule has 3 fully saturated rings. The summed E-state index contributed by atoms with van der Waals surface area (Å²) in [5.74, 6) is 0.448. The number of rotatable bonds is 9. The number of amides is 2. The molecule has 3 saturated heterocycles. The number of nitrogens with one attached hydrogen (secondary N) is 3. The highest BCUT2D eigenvalue weighted by atomic mass is 16.5. The van der Waals surface area contributed by atoms with Crippen molar-refractivity contribution in [3.05, 3.63) is 95.6 Å². The van der Waals surface area contributed by atoms with Gasteiger partial charge in [0.2, 0.25) is 5.91 Å². The van der Waals surface area contributed by atoms with Gasteiger partial charge in [0.25, 0.3) is 5.91 Å². The van der Waals surface area contributed by atoms with Gasteiger partial charge in [0.15, 0.2) is 6.10 Å². The van der Waals surface area contributed by atoms with Crippen LogP contribution >= 0.6 is 0 Å². The molecule has 3 aliphatic rings. The lowest BCUT2D eigenvalue weighted by Gasteiger charge is -2.42. The SMILES string of the molecule is N=C(N)/C(=C\C(=N)c1ccccc1O)c1ccc(N2CCC(N3CCC(c4ccc(OC5CCC(=O)NC5=O)cc4)CC3)CC2)cc1. The average molecular weight is 635 g/mol. The minimum atomic E-state index is -0.618. The van der Waals surface area contributed by atoms with Crippen LogP contribution in [0.1, 0.15) is 61.1 Å². The summed E-state index contributed by atoms with van der Waals surface area (Å²) in [6.07, 6.45) is 6.07. The number of hydrogen-bond acceptors (Lipinski definition) is 8. The van der Waals surface area contributed by atoms with E-state index in [2.05, 4.69) is 39.4 Å². The van der Waals surface area contributed by atoms with Crippen LogP contribution in [0.2, 0.25) is 0 Å². The zero-order chi connectivity index (χ0) is 32.9. The van der Waals surface area contributed by atoms with E-state index >= 15 is 0 Å². The largest absolute Gasteiger partial charge is 0.507 e. The van der Waals surface area contributed by atoms with Gasteiger partial charge in [-0.05, 0) is 98.3 Å². The second-order valence-corrected chi connectivity index (χ2v) is 12.6. The number of phenolic OH excluding ortho intramolecular Hbond substituents is 1. The van der Waals surface area contributed by atoms with Crippen LogP contribution in [0.3, 0.4) is 0 Å². The van der Waals surface area contributed by atoms with E-state index in [9.17, 15) is 14.7 Å². The standard InChI is InChI=1S/C37H42N6O4/c38-32(30-3-1-2-4-33(30)44)23-31(36(39)40)26-5-9-27(10-6-26)43-21-17-28(18-22-43)42-19-15-25(16-20-42)24-7-11-29(12-8-24)47-34-13-14-35(45)41-37(34)46/h1-12,23,25,28,34,38,44H,13-22H2,(H3,39,40)(H,41,45,46)/b31-23-,38-32?. The minimum absolute atomic E-state index is 0.0189. The zero-order valence-electron chi connectivity index (χ0n) is 26.5. The molecule has 2 amide bonds. The number of aromatic hydroxyl groups is 1. The summed E-state index contributed by atoms with van der Waals surface area (Å²) in [6, 6.07) is 23.4. The van der Waals surface area contributed by atoms with Crippen molar-refractivity contribution in [3.8, 4) is 11.5 Å². The van der Waals surface area contributed by atoms with Crippen molar-refractivity contribution in [2.75, 3.05) is 31.1 Å². The fourth-order valence-corrected chi connectivity index (χ4v) is 6.95. The van der Waals surface area contributed by atoms with Crippen LogP contribution in [0.15, 0.2) is 78.9 Å². The van der Waals surface area contributed by atoms with Crippen LogP contribution in [-0.4, -0.2) is 71.7 Å². The van der Waals surface area contributed by atoms with E-state index in [1.807, 2.05) is 24.3 Å². The molecule has 0 saturated carbocycles. The van der Waals surface area contributed by atoms with Gasteiger partial charge >= 0.3 is 0 Å². The van der Waals surface area contributed by atoms with E-state index in [-0.39, 0.29) is 29.1 Å². The van der Waals surface area contributed by atoms with E-state index in [1.165, 1.54) is 17.7 Å². The second-order valence-electron chi connectivity index (χ2n) is 12.6. The number of allylic oxidation sites excluding steroid dienone is 1. The number of hydrogen-bond donors (Lipinski definition) is 5. The molecule has 10 nitrogen and oxygen atoms in total. The van der Waals surface area contributed by atoms with E-state index in [0.717, 1.165) is 63.1 Å². The summed E-state index contributed by atoms with van der Waals surface area (Å²) < 4.78 is 5.85. The molecule has 3 aromatic carbocycles. The van der Waals surface area contributed by atoms with Crippen molar-refractivity contribution in [1.29, 1.82) is 10.8 Å². The lowest BCUT2D eigenvalue weighted by Crippen LogP contribution is -2.47. The Morgan fingerprint density at radius 1 is 0.872 bits per heavy atom. The van der Waals surface area contributed by atoms with Crippen LogP contribution in [0.5, 0.6) is 11.5 Å². The van der Waals surface area contributed by atoms with Gasteiger partial charge in [0, 0.05) is 48.8 Å². The topological polar surface area (TPSA) is 156 Å². The molecule has 6 N–H and O–H groups in total. The van der Waals surface area contributed by atoms with Crippen molar-refractivity contribution >= 4 is 34.6 Å². The van der Waals surface area contributed by atoms with Crippen LogP contribution in [-0.2, 0) is 9.59 Å². The number of ether oxygens (including phenoxy) is 1. The monoisotopic (exact) mass is 634 g/mol. The summed E-state index contributed by atoms with van der Waals surface area (Å²) >= 11 is 0. The third-order valence-corrected chi connectivity index (χ3v) is 9.65. The Hall–Kier alpha value is -4.96. The van der Waals surface area contributed by atoms with Crippen molar-refractivity contribution in [3.63, 3.8) is 0 Å². The lowest BCUT2D eigenvalue weighted by molar-refractivity contribution is -0.138. The van der Waals surface area contributed by atoms with Crippen LogP contribution in [0, 0.1) is 10.8 Å². The van der Waals surface area contributed by atoms with Gasteiger partial charge in [-0.1, -0.05) is 36.4 Å². The molecule has 47 heavy (non-hydrogen) atoms. The number of benzene rings is 3. The van der Waals surface area contributed by atoms with Gasteiger partial charge in [-0.15, -0.1) is 0 Å². The Morgan fingerprint density at radius 2 is 1.55 bits per heavy atom. The predicted octanol–water partition coefficient (Wildman–Crippen LogP) is 4.81. The number of anilines is 1. The molecule has 244 valence electrons. The molecule has 1 atom stereocenters. The maximum atomic E-state index is 12.0. The molecular weight excluding hydrogens is 592 g/mol. The molecule has 1 unspecified atom stereocenters. The summed E-state index contributed by atoms with van der Waals surface area (Å²) in [5.41, 5.74) is 10.0. The number of para-hydroxylation sites is 1. The summed E-state index contributed by atoms with van der Waals surface area (Å²) in [7, 11) is 0. The Bertz CT molecular complexity index is 1650. The Balaban J connectivity index is 0.983. The molecule has 0 spiro atoms. The third kappa shape index (κ3) is 7.55. The van der Waals surface area contributed by atoms with Gasteiger partial charge in [-0.25, -0.2) is 0 Å². The molecule has 0 aliphatic carbocycles. The first-order chi connectivity index (χ1) is 22.7. The summed E-state index contributed by atoms with van der Waals surface area (Å²) in [4.78, 5) is 28.5. The van der Waals surface area contributed by atoms with Crippen molar-refractivity contribution in [2.45, 2.75) is 56.6 Å². The van der Waals surface area contributed by atoms with Crippen molar-refractivity contribution in [1.82, 2.24) is 10.2 Å². The van der Waals surface area contributed by atoms with Gasteiger partial charge < -0.3 is 30.8 Å². The van der Waals surface area contributed by atoms with Gasteiger partial charge in [-0.2, -0.15) is 0 Å². The molecule has 0 radical (unpaired) electrons. The third-order valence-electron chi connectivity index (χ3n) is 9.65. The van der Waals surface area contributed by atoms with E-state index in [0.29, 0.717) is 41.7 Å². The quantitative estimate of drug-likeness (QED) is 0.128. The molecule has 0 bridgehead atoms. The molecule has 6 rings (SSSR count). The number of carbonyl (C=O) groups is 2. The molecule has 3 aliphatic heterocycles. The first-order valence-corrected chi connectivity index (χ1v) is 16.4. The molecule has 10 heteroatoms. The van der Waals surface area contributed by atoms with E-state index in [1.54, 1.807) is 18.2 Å². The number of likely N-dealkylation sites (tertiary alicyclic amines) is 1. The first-order valence-electron chi connectivity index (χ1n) is 16.4.